The Hall–Kier alpha value is -3.47. The van der Waals surface area contributed by atoms with Gasteiger partial charge >= 0.3 is 0 Å². The van der Waals surface area contributed by atoms with Crippen molar-refractivity contribution in [1.82, 2.24) is 10.2 Å². The van der Waals surface area contributed by atoms with Crippen molar-refractivity contribution in [2.45, 2.75) is 39.3 Å². The number of nitro groups is 1. The van der Waals surface area contributed by atoms with E-state index < -0.39 is 33.4 Å². The molecule has 1 atom stereocenters. The molecule has 1 N–H and O–H groups in total. The molecule has 0 bridgehead atoms. The normalized spacial score (nSPS) is 12.0. The molecule has 0 aliphatic rings. The number of anilines is 1. The summed E-state index contributed by atoms with van der Waals surface area (Å²) in [6.45, 7) is 3.63. The predicted octanol–water partition coefficient (Wildman–Crippen LogP) is 2.69. The summed E-state index contributed by atoms with van der Waals surface area (Å²) in [5.74, 6) is -0.922. The third-order valence-electron chi connectivity index (χ3n) is 5.14. The average Bonchev–Trinajstić information content (AvgIpc) is 2.80. The fourth-order valence-corrected chi connectivity index (χ4v) is 4.28. The molecular formula is C23H30N4O6S. The molecular weight excluding hydrogens is 460 g/mol. The van der Waals surface area contributed by atoms with Crippen LogP contribution < -0.4 is 9.62 Å². The quantitative estimate of drug-likeness (QED) is 0.360. The molecule has 0 heterocycles. The number of sulfonamides is 1. The van der Waals surface area contributed by atoms with Crippen LogP contribution in [0.15, 0.2) is 54.6 Å². The van der Waals surface area contributed by atoms with E-state index in [0.29, 0.717) is 13.0 Å². The Bertz CT molecular complexity index is 1110. The smallest absolute Gasteiger partial charge is 0.271 e. The lowest BCUT2D eigenvalue weighted by molar-refractivity contribution is -0.384. The van der Waals surface area contributed by atoms with Crippen LogP contribution in [0.25, 0.3) is 0 Å². The van der Waals surface area contributed by atoms with Crippen LogP contribution in [0.3, 0.4) is 0 Å². The van der Waals surface area contributed by atoms with Crippen molar-refractivity contribution in [2.75, 3.05) is 23.7 Å². The van der Waals surface area contributed by atoms with Crippen LogP contribution in [-0.4, -0.2) is 55.4 Å². The minimum atomic E-state index is -3.97. The van der Waals surface area contributed by atoms with Crippen molar-refractivity contribution in [2.24, 2.45) is 0 Å². The van der Waals surface area contributed by atoms with Gasteiger partial charge in [0.2, 0.25) is 21.8 Å². The first-order chi connectivity index (χ1) is 16.1. The highest BCUT2D eigenvalue weighted by Gasteiger charge is 2.31. The van der Waals surface area contributed by atoms with Gasteiger partial charge in [-0.2, -0.15) is 0 Å². The predicted molar refractivity (Wildman–Crippen MR) is 130 cm³/mol. The molecule has 0 saturated carbocycles. The van der Waals surface area contributed by atoms with Gasteiger partial charge < -0.3 is 10.2 Å². The largest absolute Gasteiger partial charge is 0.354 e. The van der Waals surface area contributed by atoms with E-state index in [2.05, 4.69) is 5.32 Å². The molecule has 0 spiro atoms. The highest BCUT2D eigenvalue weighted by Crippen LogP contribution is 2.24. The Morgan fingerprint density at radius 1 is 1.09 bits per heavy atom. The first-order valence-electron chi connectivity index (χ1n) is 10.9. The molecule has 11 heteroatoms. The van der Waals surface area contributed by atoms with E-state index in [0.717, 1.165) is 28.6 Å². The molecule has 0 unspecified atom stereocenters. The standard InChI is InChI=1S/C23H30N4O6S/c1-4-14-24-23(29)21(5-2)25(16-18-10-7-6-8-11-18)22(28)17-26(34(3,32)33)19-12-9-13-20(15-19)27(30)31/h6-13,15,21H,4-5,14,16-17H2,1-3H3,(H,24,29)/t21-/m0/s1. The summed E-state index contributed by atoms with van der Waals surface area (Å²) >= 11 is 0. The van der Waals surface area contributed by atoms with Crippen LogP contribution in [0.4, 0.5) is 11.4 Å². The second kappa shape index (κ2) is 12.1. The lowest BCUT2D eigenvalue weighted by Gasteiger charge is -2.32. The maximum atomic E-state index is 13.5. The molecule has 2 aromatic rings. The second-order valence-corrected chi connectivity index (χ2v) is 9.68. The van der Waals surface area contributed by atoms with Gasteiger partial charge in [-0.1, -0.05) is 50.2 Å². The number of carbonyl (C=O) groups excluding carboxylic acids is 2. The number of carbonyl (C=O) groups is 2. The Morgan fingerprint density at radius 2 is 1.76 bits per heavy atom. The van der Waals surface area contributed by atoms with Crippen molar-refractivity contribution < 1.29 is 22.9 Å². The molecule has 0 fully saturated rings. The van der Waals surface area contributed by atoms with Gasteiger partial charge in [0, 0.05) is 25.2 Å². The van der Waals surface area contributed by atoms with E-state index in [4.69, 9.17) is 0 Å². The first-order valence-corrected chi connectivity index (χ1v) is 12.8. The summed E-state index contributed by atoms with van der Waals surface area (Å²) in [5.41, 5.74) is 0.470. The van der Waals surface area contributed by atoms with Crippen LogP contribution in [0, 0.1) is 10.1 Å². The lowest BCUT2D eigenvalue weighted by Crippen LogP contribution is -2.52. The fraction of sp³-hybridized carbons (Fsp3) is 0.391. The topological polar surface area (TPSA) is 130 Å². The number of non-ortho nitro benzene ring substituents is 1. The molecule has 0 saturated heterocycles. The van der Waals surface area contributed by atoms with Crippen molar-refractivity contribution in [1.29, 1.82) is 0 Å². The second-order valence-electron chi connectivity index (χ2n) is 7.77. The zero-order chi connectivity index (χ0) is 25.3. The minimum absolute atomic E-state index is 0.00630. The van der Waals surface area contributed by atoms with Crippen molar-refractivity contribution >= 4 is 33.2 Å². The zero-order valence-corrected chi connectivity index (χ0v) is 20.3. The summed E-state index contributed by atoms with van der Waals surface area (Å²) in [6.07, 6.45) is 1.97. The van der Waals surface area contributed by atoms with E-state index in [1.54, 1.807) is 6.92 Å². The van der Waals surface area contributed by atoms with Crippen LogP contribution in [-0.2, 0) is 26.2 Å². The Morgan fingerprint density at radius 3 is 2.32 bits per heavy atom. The Labute approximate surface area is 199 Å². The molecule has 34 heavy (non-hydrogen) atoms. The number of hydrogen-bond donors (Lipinski definition) is 1. The maximum Gasteiger partial charge on any atom is 0.271 e. The molecule has 0 aliphatic heterocycles. The number of hydrogen-bond acceptors (Lipinski definition) is 6. The maximum absolute atomic E-state index is 13.5. The van der Waals surface area contributed by atoms with Gasteiger partial charge in [0.15, 0.2) is 0 Å². The van der Waals surface area contributed by atoms with Gasteiger partial charge in [0.25, 0.3) is 5.69 Å². The lowest BCUT2D eigenvalue weighted by atomic mass is 10.1. The molecule has 184 valence electrons. The van der Waals surface area contributed by atoms with Crippen molar-refractivity contribution in [3.63, 3.8) is 0 Å². The third-order valence-corrected chi connectivity index (χ3v) is 6.28. The highest BCUT2D eigenvalue weighted by molar-refractivity contribution is 7.92. The monoisotopic (exact) mass is 490 g/mol. The molecule has 2 amide bonds. The van der Waals surface area contributed by atoms with Crippen LogP contribution >= 0.6 is 0 Å². The van der Waals surface area contributed by atoms with Crippen molar-refractivity contribution in [3.05, 3.63) is 70.3 Å². The molecule has 0 radical (unpaired) electrons. The number of nitro benzene ring substituents is 1. The van der Waals surface area contributed by atoms with Crippen LogP contribution in [0.2, 0.25) is 0 Å². The summed E-state index contributed by atoms with van der Waals surface area (Å²) in [5, 5.41) is 14.0. The highest BCUT2D eigenvalue weighted by atomic mass is 32.2. The Balaban J connectivity index is 2.43. The Kier molecular flexibility index (Phi) is 9.55. The van der Waals surface area contributed by atoms with Gasteiger partial charge in [-0.25, -0.2) is 8.42 Å². The third kappa shape index (κ3) is 7.27. The SMILES string of the molecule is CCCNC(=O)[C@H](CC)N(Cc1ccccc1)C(=O)CN(c1cccc([N+](=O)[O-])c1)S(C)(=O)=O. The van der Waals surface area contributed by atoms with E-state index in [9.17, 15) is 28.1 Å². The van der Waals surface area contributed by atoms with E-state index in [1.165, 1.54) is 23.1 Å². The van der Waals surface area contributed by atoms with Crippen LogP contribution in [0.5, 0.6) is 0 Å². The van der Waals surface area contributed by atoms with E-state index >= 15 is 0 Å². The first kappa shape index (κ1) is 26.8. The number of nitrogens with zero attached hydrogens (tertiary/aromatic N) is 3. The summed E-state index contributed by atoms with van der Waals surface area (Å²) < 4.78 is 25.9. The molecule has 10 nitrogen and oxygen atoms in total. The zero-order valence-electron chi connectivity index (χ0n) is 19.5. The van der Waals surface area contributed by atoms with Gasteiger partial charge in [-0.05, 0) is 24.5 Å². The minimum Gasteiger partial charge on any atom is -0.354 e. The number of benzene rings is 2. The number of nitrogens with one attached hydrogen (secondary N) is 1. The van der Waals surface area contributed by atoms with Crippen LogP contribution in [0.1, 0.15) is 32.3 Å². The summed E-state index contributed by atoms with van der Waals surface area (Å²) in [7, 11) is -3.97. The summed E-state index contributed by atoms with van der Waals surface area (Å²) in [6, 6.07) is 13.3. The van der Waals surface area contributed by atoms with E-state index in [-0.39, 0.29) is 23.8 Å². The number of amides is 2. The summed E-state index contributed by atoms with van der Waals surface area (Å²) in [4.78, 5) is 38.2. The van der Waals surface area contributed by atoms with E-state index in [1.807, 2.05) is 37.3 Å². The number of rotatable bonds is 12. The molecule has 0 aromatic heterocycles. The van der Waals surface area contributed by atoms with Gasteiger partial charge in [-0.3, -0.25) is 24.0 Å². The van der Waals surface area contributed by atoms with Gasteiger partial charge in [0.1, 0.15) is 12.6 Å². The molecule has 2 aromatic carbocycles. The molecule has 0 aliphatic carbocycles. The fourth-order valence-electron chi connectivity index (χ4n) is 3.44. The van der Waals surface area contributed by atoms with Gasteiger partial charge in [-0.15, -0.1) is 0 Å². The van der Waals surface area contributed by atoms with Crippen molar-refractivity contribution in [3.8, 4) is 0 Å². The van der Waals surface area contributed by atoms with Gasteiger partial charge in [0.05, 0.1) is 16.9 Å². The molecule has 2 rings (SSSR count). The average molecular weight is 491 g/mol.